The summed E-state index contributed by atoms with van der Waals surface area (Å²) in [4.78, 5) is 4.93. The van der Waals surface area contributed by atoms with Gasteiger partial charge in [0.05, 0.1) is 5.69 Å². The number of hydrogen-bond acceptors (Lipinski definition) is 2. The van der Waals surface area contributed by atoms with Crippen LogP contribution in [0.15, 0.2) is 33.3 Å². The van der Waals surface area contributed by atoms with E-state index in [0.29, 0.717) is 11.8 Å². The first-order valence-corrected chi connectivity index (χ1v) is 12.3. The highest BCUT2D eigenvalue weighted by Crippen LogP contribution is 2.45. The Labute approximate surface area is 188 Å². The van der Waals surface area contributed by atoms with Crippen LogP contribution in [0.1, 0.15) is 80.3 Å². The number of aryl methyl sites for hydroxylation is 3. The zero-order chi connectivity index (χ0) is 20.7. The largest absolute Gasteiger partial charge is 0.330 e. The summed E-state index contributed by atoms with van der Waals surface area (Å²) in [5.41, 5.74) is 12.9. The summed E-state index contributed by atoms with van der Waals surface area (Å²) in [6, 6.07) is 6.89. The number of nitrogens with zero attached hydrogens (tertiary/aromatic N) is 1. The molecule has 0 saturated carbocycles. The summed E-state index contributed by atoms with van der Waals surface area (Å²) in [5, 5.41) is 0. The Hall–Kier alpha value is -0.710. The van der Waals surface area contributed by atoms with E-state index in [1.807, 2.05) is 20.0 Å². The molecule has 1 aromatic heterocycles. The fourth-order valence-corrected chi connectivity index (χ4v) is 5.62. The van der Waals surface area contributed by atoms with Crippen molar-refractivity contribution in [1.29, 1.82) is 0 Å². The fourth-order valence-electron chi connectivity index (χ4n) is 4.38. The van der Waals surface area contributed by atoms with Crippen molar-refractivity contribution in [2.45, 2.75) is 72.1 Å². The Morgan fingerprint density at radius 2 is 1.82 bits per heavy atom. The number of halogens is 2. The van der Waals surface area contributed by atoms with Crippen molar-refractivity contribution >= 4 is 31.9 Å². The molecule has 1 aliphatic carbocycles. The highest BCUT2D eigenvalue weighted by atomic mass is 79.9. The van der Waals surface area contributed by atoms with Crippen LogP contribution in [-0.2, 0) is 12.8 Å². The van der Waals surface area contributed by atoms with E-state index < -0.39 is 0 Å². The van der Waals surface area contributed by atoms with E-state index in [-0.39, 0.29) is 0 Å². The predicted molar refractivity (Wildman–Crippen MR) is 128 cm³/mol. The van der Waals surface area contributed by atoms with E-state index in [4.69, 9.17) is 10.7 Å². The van der Waals surface area contributed by atoms with Gasteiger partial charge < -0.3 is 5.73 Å². The SMILES string of the molecule is CC.CCCCC(CCN)C1c2ncc(Br)cc2CCc2cc(C)cc(Br)c21. The summed E-state index contributed by atoms with van der Waals surface area (Å²) in [6.07, 6.45) is 8.78. The summed E-state index contributed by atoms with van der Waals surface area (Å²) >= 11 is 7.51. The Bertz CT molecular complexity index is 773. The van der Waals surface area contributed by atoms with Gasteiger partial charge in [-0.3, -0.25) is 4.98 Å². The molecule has 0 radical (unpaired) electrons. The molecule has 28 heavy (non-hydrogen) atoms. The second-order valence-corrected chi connectivity index (χ2v) is 9.24. The standard InChI is InChI=1S/C22H28Br2N2.C2H6/c1-3-4-5-15(8-9-25)21-20-16(10-14(2)11-19(20)24)6-7-17-12-18(23)13-26-22(17)21;1-2/h10-13,15,21H,3-9,25H2,1-2H3;1-2H3. The molecule has 1 aromatic carbocycles. The molecule has 2 nitrogen and oxygen atoms in total. The minimum Gasteiger partial charge on any atom is -0.330 e. The molecule has 1 heterocycles. The van der Waals surface area contributed by atoms with Crippen LogP contribution >= 0.6 is 31.9 Å². The first-order valence-electron chi connectivity index (χ1n) is 10.7. The van der Waals surface area contributed by atoms with Gasteiger partial charge in [-0.05, 0) is 95.4 Å². The smallest absolute Gasteiger partial charge is 0.0514 e. The number of fused-ring (bicyclic) bond motifs is 2. The lowest BCUT2D eigenvalue weighted by molar-refractivity contribution is 0.390. The molecule has 0 saturated heterocycles. The van der Waals surface area contributed by atoms with Gasteiger partial charge in [-0.25, -0.2) is 0 Å². The van der Waals surface area contributed by atoms with Crippen LogP contribution in [0.25, 0.3) is 0 Å². The highest BCUT2D eigenvalue weighted by molar-refractivity contribution is 9.10. The maximum absolute atomic E-state index is 6.03. The van der Waals surface area contributed by atoms with E-state index in [0.717, 1.165) is 30.3 Å². The number of benzene rings is 1. The third-order valence-corrected chi connectivity index (χ3v) is 6.62. The molecule has 0 fully saturated rings. The molecule has 0 bridgehead atoms. The number of aromatic nitrogens is 1. The summed E-state index contributed by atoms with van der Waals surface area (Å²) in [5.74, 6) is 0.851. The lowest BCUT2D eigenvalue weighted by Crippen LogP contribution is -2.21. The van der Waals surface area contributed by atoms with E-state index in [2.05, 4.69) is 63.9 Å². The van der Waals surface area contributed by atoms with E-state index >= 15 is 0 Å². The molecule has 2 unspecified atom stereocenters. The molecule has 2 N–H and O–H groups in total. The Kier molecular flexibility index (Phi) is 9.65. The van der Waals surface area contributed by atoms with Crippen molar-refractivity contribution < 1.29 is 0 Å². The molecule has 0 amide bonds. The van der Waals surface area contributed by atoms with Crippen molar-refractivity contribution in [3.63, 3.8) is 0 Å². The first-order chi connectivity index (χ1) is 13.5. The molecule has 4 heteroatoms. The van der Waals surface area contributed by atoms with Gasteiger partial charge in [-0.2, -0.15) is 0 Å². The summed E-state index contributed by atoms with van der Waals surface area (Å²) in [7, 11) is 0. The molecule has 2 atom stereocenters. The Balaban J connectivity index is 0.00000136. The van der Waals surface area contributed by atoms with Gasteiger partial charge in [0, 0.05) is 21.1 Å². The molecule has 3 rings (SSSR count). The van der Waals surface area contributed by atoms with Gasteiger partial charge >= 0.3 is 0 Å². The van der Waals surface area contributed by atoms with Crippen LogP contribution in [0.2, 0.25) is 0 Å². The third-order valence-electron chi connectivity index (χ3n) is 5.53. The van der Waals surface area contributed by atoms with Gasteiger partial charge in [0.2, 0.25) is 0 Å². The normalized spacial score (nSPS) is 16.3. The number of nitrogens with two attached hydrogens (primary N) is 1. The molecular weight excluding hydrogens is 476 g/mol. The van der Waals surface area contributed by atoms with Crippen molar-refractivity contribution in [3.05, 3.63) is 61.3 Å². The first kappa shape index (κ1) is 23.6. The van der Waals surface area contributed by atoms with E-state index in [9.17, 15) is 0 Å². The van der Waals surface area contributed by atoms with Gasteiger partial charge in [-0.1, -0.05) is 55.6 Å². The van der Waals surface area contributed by atoms with Crippen molar-refractivity contribution in [1.82, 2.24) is 4.98 Å². The molecule has 2 aromatic rings. The third kappa shape index (κ3) is 5.46. The maximum atomic E-state index is 6.03. The number of unbranched alkanes of at least 4 members (excludes halogenated alkanes) is 1. The second kappa shape index (κ2) is 11.5. The van der Waals surface area contributed by atoms with E-state index in [1.165, 1.54) is 51.7 Å². The van der Waals surface area contributed by atoms with Crippen LogP contribution in [0.4, 0.5) is 0 Å². The van der Waals surface area contributed by atoms with Gasteiger partial charge in [0.1, 0.15) is 0 Å². The number of pyridine rings is 1. The summed E-state index contributed by atoms with van der Waals surface area (Å²) < 4.78 is 2.30. The van der Waals surface area contributed by atoms with Gasteiger partial charge in [0.25, 0.3) is 0 Å². The lowest BCUT2D eigenvalue weighted by Gasteiger charge is -2.30. The minimum atomic E-state index is 0.320. The average Bonchev–Trinajstić information content (AvgIpc) is 2.83. The summed E-state index contributed by atoms with van der Waals surface area (Å²) in [6.45, 7) is 9.18. The zero-order valence-electron chi connectivity index (χ0n) is 17.7. The Morgan fingerprint density at radius 3 is 2.50 bits per heavy atom. The minimum absolute atomic E-state index is 0.320. The second-order valence-electron chi connectivity index (χ2n) is 7.47. The monoisotopic (exact) mass is 508 g/mol. The lowest BCUT2D eigenvalue weighted by atomic mass is 9.77. The zero-order valence-corrected chi connectivity index (χ0v) is 20.9. The quantitative estimate of drug-likeness (QED) is 0.442. The van der Waals surface area contributed by atoms with E-state index in [1.54, 1.807) is 0 Å². The molecular formula is C24H34Br2N2. The van der Waals surface area contributed by atoms with Gasteiger partial charge in [0.15, 0.2) is 0 Å². The van der Waals surface area contributed by atoms with Crippen LogP contribution in [0.3, 0.4) is 0 Å². The van der Waals surface area contributed by atoms with Crippen LogP contribution < -0.4 is 5.73 Å². The molecule has 0 spiro atoms. The number of hydrogen-bond donors (Lipinski definition) is 1. The molecule has 1 aliphatic rings. The van der Waals surface area contributed by atoms with Crippen molar-refractivity contribution in [3.8, 4) is 0 Å². The van der Waals surface area contributed by atoms with Gasteiger partial charge in [-0.15, -0.1) is 0 Å². The van der Waals surface area contributed by atoms with Crippen LogP contribution in [-0.4, -0.2) is 11.5 Å². The predicted octanol–water partition coefficient (Wildman–Crippen LogP) is 7.33. The topological polar surface area (TPSA) is 38.9 Å². The molecule has 154 valence electrons. The van der Waals surface area contributed by atoms with Crippen LogP contribution in [0.5, 0.6) is 0 Å². The van der Waals surface area contributed by atoms with Crippen molar-refractivity contribution in [2.75, 3.05) is 6.54 Å². The van der Waals surface area contributed by atoms with Crippen molar-refractivity contribution in [2.24, 2.45) is 11.7 Å². The van der Waals surface area contributed by atoms with Crippen LogP contribution in [0, 0.1) is 12.8 Å². The molecule has 0 aliphatic heterocycles. The fraction of sp³-hybridized carbons (Fsp3) is 0.542. The highest BCUT2D eigenvalue weighted by Gasteiger charge is 2.32. The Morgan fingerprint density at radius 1 is 1.11 bits per heavy atom. The maximum Gasteiger partial charge on any atom is 0.0514 e. The average molecular weight is 510 g/mol. The number of rotatable bonds is 6.